The first-order valence-electron chi connectivity index (χ1n) is 4.01. The third-order valence-corrected chi connectivity index (χ3v) is 1.99. The second kappa shape index (κ2) is 7.15. The Bertz CT molecular complexity index is 92.6. The van der Waals surface area contributed by atoms with Gasteiger partial charge in [0.1, 0.15) is 0 Å². The summed E-state index contributed by atoms with van der Waals surface area (Å²) in [5.41, 5.74) is 0. The molecule has 71 valence electrons. The molecular formula is C7H15HfO4. The van der Waals surface area contributed by atoms with Gasteiger partial charge in [0.15, 0.2) is 0 Å². The SMILES string of the molecule is CCOC([O][Hf])(OCC)OCC. The van der Waals surface area contributed by atoms with E-state index in [-0.39, 0.29) is 0 Å². The van der Waals surface area contributed by atoms with Crippen molar-refractivity contribution in [2.45, 2.75) is 26.9 Å². The third-order valence-electron chi connectivity index (χ3n) is 1.09. The van der Waals surface area contributed by atoms with Crippen LogP contribution in [-0.2, 0) is 41.9 Å². The van der Waals surface area contributed by atoms with E-state index in [1.807, 2.05) is 20.8 Å². The molecule has 0 saturated heterocycles. The molecule has 0 aliphatic heterocycles. The summed E-state index contributed by atoms with van der Waals surface area (Å²) in [4.78, 5) is 0. The Kier molecular flexibility index (Phi) is 7.57. The van der Waals surface area contributed by atoms with E-state index in [9.17, 15) is 0 Å². The summed E-state index contributed by atoms with van der Waals surface area (Å²) >= 11 is 0.514. The Labute approximate surface area is 88.7 Å². The summed E-state index contributed by atoms with van der Waals surface area (Å²) in [7, 11) is 0. The fraction of sp³-hybridized carbons (Fsp3) is 1.00. The van der Waals surface area contributed by atoms with Crippen LogP contribution in [0.4, 0.5) is 0 Å². The van der Waals surface area contributed by atoms with E-state index >= 15 is 0 Å². The zero-order valence-electron chi connectivity index (χ0n) is 7.75. The zero-order chi connectivity index (χ0) is 9.45. The van der Waals surface area contributed by atoms with Gasteiger partial charge in [-0.1, -0.05) is 0 Å². The molecule has 0 aliphatic carbocycles. The monoisotopic (exact) mass is 343 g/mol. The van der Waals surface area contributed by atoms with E-state index in [4.69, 9.17) is 17.1 Å². The van der Waals surface area contributed by atoms with Crippen LogP contribution < -0.4 is 0 Å². The molecule has 0 saturated carbocycles. The molecule has 4 nitrogen and oxygen atoms in total. The minimum atomic E-state index is -1.25. The Morgan fingerprint density at radius 1 is 0.917 bits per heavy atom. The zero-order valence-corrected chi connectivity index (χ0v) is 11.3. The standard InChI is InChI=1S/C7H15O4.Hf/c1-4-9-7(8,10-5-2)11-6-3;/h4-6H2,1-3H3;/q-1;+1. The Morgan fingerprint density at radius 3 is 1.42 bits per heavy atom. The van der Waals surface area contributed by atoms with Gasteiger partial charge in [0.25, 0.3) is 0 Å². The molecule has 0 aromatic rings. The summed E-state index contributed by atoms with van der Waals surface area (Å²) < 4.78 is 20.8. The van der Waals surface area contributed by atoms with Gasteiger partial charge in [-0.05, 0) is 0 Å². The summed E-state index contributed by atoms with van der Waals surface area (Å²) in [6.07, 6.45) is -1.25. The van der Waals surface area contributed by atoms with E-state index in [2.05, 4.69) is 0 Å². The molecule has 5 heteroatoms. The molecule has 0 unspecified atom stereocenters. The molecule has 0 N–H and O–H groups in total. The predicted octanol–water partition coefficient (Wildman–Crippen LogP) is 1.19. The summed E-state index contributed by atoms with van der Waals surface area (Å²) in [6, 6.07) is 0. The topological polar surface area (TPSA) is 36.9 Å². The van der Waals surface area contributed by atoms with Crippen LogP contribution in [0.15, 0.2) is 0 Å². The first-order valence-corrected chi connectivity index (χ1v) is 5.47. The van der Waals surface area contributed by atoms with Crippen molar-refractivity contribution in [3.8, 4) is 0 Å². The van der Waals surface area contributed by atoms with Gasteiger partial charge < -0.3 is 0 Å². The number of rotatable bonds is 7. The molecule has 0 aromatic carbocycles. The fourth-order valence-electron chi connectivity index (χ4n) is 0.744. The van der Waals surface area contributed by atoms with Gasteiger partial charge in [0.05, 0.1) is 0 Å². The van der Waals surface area contributed by atoms with Gasteiger partial charge in [0.2, 0.25) is 0 Å². The van der Waals surface area contributed by atoms with Gasteiger partial charge in [-0.15, -0.1) is 0 Å². The van der Waals surface area contributed by atoms with E-state index in [1.54, 1.807) is 0 Å². The quantitative estimate of drug-likeness (QED) is 0.515. The van der Waals surface area contributed by atoms with Crippen LogP contribution in [-0.4, -0.2) is 26.0 Å². The van der Waals surface area contributed by atoms with Gasteiger partial charge in [-0.2, -0.15) is 0 Å². The number of hydrogen-bond donors (Lipinski definition) is 0. The molecule has 0 rings (SSSR count). The van der Waals surface area contributed by atoms with Gasteiger partial charge >= 0.3 is 88.6 Å². The maximum absolute atomic E-state index is 5.23. The fourth-order valence-corrected chi connectivity index (χ4v) is 1.38. The van der Waals surface area contributed by atoms with Gasteiger partial charge in [-0.3, -0.25) is 0 Å². The van der Waals surface area contributed by atoms with E-state index < -0.39 is 6.16 Å². The third kappa shape index (κ3) is 4.09. The van der Waals surface area contributed by atoms with Crippen LogP contribution in [0, 0.1) is 0 Å². The maximum atomic E-state index is 5.23. The normalized spacial score (nSPS) is 11.8. The average molecular weight is 342 g/mol. The first kappa shape index (κ1) is 12.7. The summed E-state index contributed by atoms with van der Waals surface area (Å²) in [5, 5.41) is 0. The minimum absolute atomic E-state index is 0.502. The molecule has 0 bridgehead atoms. The van der Waals surface area contributed by atoms with Crippen molar-refractivity contribution in [2.24, 2.45) is 0 Å². The number of ether oxygens (including phenoxy) is 3. The second-order valence-electron chi connectivity index (χ2n) is 1.90. The van der Waals surface area contributed by atoms with Crippen molar-refractivity contribution in [3.63, 3.8) is 0 Å². The van der Waals surface area contributed by atoms with E-state index in [0.29, 0.717) is 44.6 Å². The second-order valence-corrected chi connectivity index (χ2v) is 2.63. The molecule has 0 aromatic heterocycles. The van der Waals surface area contributed by atoms with Crippen molar-refractivity contribution in [2.75, 3.05) is 19.8 Å². The molecule has 0 amide bonds. The van der Waals surface area contributed by atoms with Crippen molar-refractivity contribution in [1.82, 2.24) is 0 Å². The van der Waals surface area contributed by atoms with Crippen LogP contribution >= 0.6 is 0 Å². The van der Waals surface area contributed by atoms with Crippen molar-refractivity contribution in [3.05, 3.63) is 0 Å². The molecule has 0 radical (unpaired) electrons. The van der Waals surface area contributed by atoms with Crippen molar-refractivity contribution >= 4 is 0 Å². The Balaban J connectivity index is 4.06. The van der Waals surface area contributed by atoms with Crippen LogP contribution in [0.2, 0.25) is 0 Å². The Hall–Kier alpha value is 0.710. The molecule has 0 aliphatic rings. The molecule has 0 atom stereocenters. The number of hydrogen-bond acceptors (Lipinski definition) is 4. The van der Waals surface area contributed by atoms with Gasteiger partial charge in [0, 0.05) is 0 Å². The van der Waals surface area contributed by atoms with E-state index in [1.165, 1.54) is 0 Å². The molecule has 12 heavy (non-hydrogen) atoms. The van der Waals surface area contributed by atoms with Crippen LogP contribution in [0.1, 0.15) is 20.8 Å². The van der Waals surface area contributed by atoms with Gasteiger partial charge in [-0.25, -0.2) is 0 Å². The predicted molar refractivity (Wildman–Crippen MR) is 38.7 cm³/mol. The first-order chi connectivity index (χ1) is 5.74. The van der Waals surface area contributed by atoms with E-state index in [0.717, 1.165) is 0 Å². The average Bonchev–Trinajstić information content (AvgIpc) is 2.06. The molecule has 0 spiro atoms. The van der Waals surface area contributed by atoms with Crippen LogP contribution in [0.5, 0.6) is 0 Å². The summed E-state index contributed by atoms with van der Waals surface area (Å²) in [5.74, 6) is 0. The Morgan fingerprint density at radius 2 is 1.25 bits per heavy atom. The van der Waals surface area contributed by atoms with Crippen LogP contribution in [0.25, 0.3) is 0 Å². The summed E-state index contributed by atoms with van der Waals surface area (Å²) in [6.45, 7) is 7.11. The van der Waals surface area contributed by atoms with Crippen molar-refractivity contribution in [1.29, 1.82) is 0 Å². The molecule has 0 heterocycles. The van der Waals surface area contributed by atoms with Crippen LogP contribution in [0.3, 0.4) is 0 Å². The van der Waals surface area contributed by atoms with Crippen molar-refractivity contribution < 1.29 is 41.9 Å². The molecular weight excluding hydrogens is 327 g/mol. The molecule has 0 fully saturated rings.